The van der Waals surface area contributed by atoms with Crippen molar-refractivity contribution in [3.63, 3.8) is 0 Å². The molecule has 0 atom stereocenters. The lowest BCUT2D eigenvalue weighted by Crippen LogP contribution is -2.09. The molecule has 0 saturated carbocycles. The molecule has 0 fully saturated rings. The van der Waals surface area contributed by atoms with Crippen LogP contribution >= 0.6 is 15.9 Å². The number of rotatable bonds is 4. The van der Waals surface area contributed by atoms with Crippen LogP contribution in [-0.2, 0) is 16.7 Å². The quantitative estimate of drug-likeness (QED) is 0.855. The number of hydrogen-bond donors (Lipinski definition) is 1. The first-order chi connectivity index (χ1) is 9.42. The van der Waals surface area contributed by atoms with Crippen LogP contribution in [0, 0.1) is 6.92 Å². The van der Waals surface area contributed by atoms with Gasteiger partial charge in [-0.15, -0.1) is 0 Å². The maximum atomic E-state index is 12.1. The molecule has 20 heavy (non-hydrogen) atoms. The Hall–Kier alpha value is -1.37. The van der Waals surface area contributed by atoms with E-state index in [0.717, 1.165) is 5.56 Å². The second kappa shape index (κ2) is 5.95. The zero-order valence-corrected chi connectivity index (χ0v) is 13.1. The molecule has 106 valence electrons. The van der Waals surface area contributed by atoms with Gasteiger partial charge >= 0.3 is 10.1 Å². The summed E-state index contributed by atoms with van der Waals surface area (Å²) < 4.78 is 30.0. The summed E-state index contributed by atoms with van der Waals surface area (Å²) in [5.41, 5.74) is 1.52. The minimum Gasteiger partial charge on any atom is -0.392 e. The summed E-state index contributed by atoms with van der Waals surface area (Å²) in [5, 5.41) is 9.15. The zero-order valence-electron chi connectivity index (χ0n) is 10.7. The van der Waals surface area contributed by atoms with Gasteiger partial charge in [0.05, 0.1) is 6.61 Å². The van der Waals surface area contributed by atoms with E-state index in [2.05, 4.69) is 15.9 Å². The highest BCUT2D eigenvalue weighted by molar-refractivity contribution is 9.10. The first-order valence-electron chi connectivity index (χ1n) is 5.83. The predicted octanol–water partition coefficient (Wildman–Crippen LogP) is 3.02. The molecule has 4 nitrogen and oxygen atoms in total. The van der Waals surface area contributed by atoms with Crippen LogP contribution in [0.15, 0.2) is 51.8 Å². The van der Waals surface area contributed by atoms with Crippen molar-refractivity contribution in [3.05, 3.63) is 58.1 Å². The van der Waals surface area contributed by atoms with Gasteiger partial charge in [0.15, 0.2) is 0 Å². The van der Waals surface area contributed by atoms with Crippen molar-refractivity contribution >= 4 is 26.0 Å². The molecule has 0 aliphatic rings. The van der Waals surface area contributed by atoms with Gasteiger partial charge in [0.1, 0.15) is 10.6 Å². The van der Waals surface area contributed by atoms with Crippen LogP contribution < -0.4 is 4.18 Å². The molecule has 2 aromatic carbocycles. The van der Waals surface area contributed by atoms with E-state index < -0.39 is 10.1 Å². The fourth-order valence-electron chi connectivity index (χ4n) is 1.60. The Balaban J connectivity index is 2.30. The molecule has 0 aliphatic heterocycles. The topological polar surface area (TPSA) is 63.6 Å². The van der Waals surface area contributed by atoms with E-state index in [1.54, 1.807) is 18.2 Å². The van der Waals surface area contributed by atoms with Crippen LogP contribution in [0.4, 0.5) is 0 Å². The fraction of sp³-hybridized carbons (Fsp3) is 0.143. The molecule has 0 aromatic heterocycles. The van der Waals surface area contributed by atoms with E-state index >= 15 is 0 Å². The zero-order chi connectivity index (χ0) is 14.8. The number of halogens is 1. The minimum absolute atomic E-state index is 0.0940. The van der Waals surface area contributed by atoms with Gasteiger partial charge in [0, 0.05) is 4.47 Å². The summed E-state index contributed by atoms with van der Waals surface area (Å²) >= 11 is 3.26. The Bertz CT molecular complexity index is 708. The molecule has 0 saturated heterocycles. The average Bonchev–Trinajstić information content (AvgIpc) is 2.41. The van der Waals surface area contributed by atoms with Gasteiger partial charge in [-0.1, -0.05) is 33.6 Å². The largest absolute Gasteiger partial charge is 0.392 e. The summed E-state index contributed by atoms with van der Waals surface area (Å²) in [5.74, 6) is 0.165. The molecule has 0 radical (unpaired) electrons. The number of benzene rings is 2. The maximum absolute atomic E-state index is 12.1. The molecule has 2 aromatic rings. The minimum atomic E-state index is -3.86. The van der Waals surface area contributed by atoms with Gasteiger partial charge in [0.25, 0.3) is 0 Å². The van der Waals surface area contributed by atoms with E-state index in [9.17, 15) is 8.42 Å². The van der Waals surface area contributed by atoms with Gasteiger partial charge in [0.2, 0.25) is 0 Å². The van der Waals surface area contributed by atoms with Crippen molar-refractivity contribution in [1.82, 2.24) is 0 Å². The fourth-order valence-corrected chi connectivity index (χ4v) is 2.90. The summed E-state index contributed by atoms with van der Waals surface area (Å²) in [4.78, 5) is 0.0940. The number of hydrogen-bond acceptors (Lipinski definition) is 4. The van der Waals surface area contributed by atoms with Crippen LogP contribution in [-0.4, -0.2) is 13.5 Å². The Morgan fingerprint density at radius 2 is 1.80 bits per heavy atom. The summed E-state index contributed by atoms with van der Waals surface area (Å²) in [6.07, 6.45) is 0. The average molecular weight is 357 g/mol. The lowest BCUT2D eigenvalue weighted by atomic mass is 10.2. The van der Waals surface area contributed by atoms with Gasteiger partial charge in [-0.05, 0) is 42.8 Å². The number of aliphatic hydroxyl groups is 1. The van der Waals surface area contributed by atoms with E-state index in [0.29, 0.717) is 10.0 Å². The SMILES string of the molecule is Cc1ccc(S(=O)(=O)Oc2ccc(Br)c(CO)c2)cc1. The highest BCUT2D eigenvalue weighted by Crippen LogP contribution is 2.25. The molecule has 6 heteroatoms. The highest BCUT2D eigenvalue weighted by Gasteiger charge is 2.16. The summed E-state index contributed by atoms with van der Waals surface area (Å²) in [6.45, 7) is 1.67. The first-order valence-corrected chi connectivity index (χ1v) is 8.03. The molecule has 1 N–H and O–H groups in total. The lowest BCUT2D eigenvalue weighted by Gasteiger charge is -2.09. The van der Waals surface area contributed by atoms with Crippen molar-refractivity contribution in [2.24, 2.45) is 0 Å². The second-order valence-electron chi connectivity index (χ2n) is 4.26. The normalized spacial score (nSPS) is 11.3. The van der Waals surface area contributed by atoms with Gasteiger partial charge in [-0.2, -0.15) is 8.42 Å². The number of aryl methyl sites for hydroxylation is 1. The molecule has 0 aliphatic carbocycles. The van der Waals surface area contributed by atoms with Crippen LogP contribution in [0.1, 0.15) is 11.1 Å². The van der Waals surface area contributed by atoms with Crippen LogP contribution in [0.5, 0.6) is 5.75 Å². The van der Waals surface area contributed by atoms with Gasteiger partial charge < -0.3 is 9.29 Å². The smallest absolute Gasteiger partial charge is 0.339 e. The third-order valence-electron chi connectivity index (χ3n) is 2.70. The van der Waals surface area contributed by atoms with Crippen molar-refractivity contribution in [3.8, 4) is 5.75 Å². The van der Waals surface area contributed by atoms with Gasteiger partial charge in [-0.3, -0.25) is 0 Å². The Kier molecular flexibility index (Phi) is 4.47. The van der Waals surface area contributed by atoms with Crippen molar-refractivity contribution in [2.75, 3.05) is 0 Å². The Labute approximate surface area is 126 Å². The predicted molar refractivity (Wildman–Crippen MR) is 79.1 cm³/mol. The first kappa shape index (κ1) is 15.0. The molecule has 0 unspecified atom stereocenters. The molecular formula is C14H13BrO4S. The van der Waals surface area contributed by atoms with E-state index in [4.69, 9.17) is 9.29 Å². The van der Waals surface area contributed by atoms with E-state index in [1.807, 2.05) is 6.92 Å². The summed E-state index contributed by atoms with van der Waals surface area (Å²) in [7, 11) is -3.86. The molecule has 2 rings (SSSR count). The van der Waals surface area contributed by atoms with Crippen LogP contribution in [0.2, 0.25) is 0 Å². The van der Waals surface area contributed by atoms with Crippen LogP contribution in [0.25, 0.3) is 0 Å². The third-order valence-corrected chi connectivity index (χ3v) is 4.74. The molecular weight excluding hydrogens is 344 g/mol. The second-order valence-corrected chi connectivity index (χ2v) is 6.66. The standard InChI is InChI=1S/C14H13BrO4S/c1-10-2-5-13(6-3-10)20(17,18)19-12-4-7-14(15)11(8-12)9-16/h2-8,16H,9H2,1H3. The van der Waals surface area contributed by atoms with Gasteiger partial charge in [-0.25, -0.2) is 0 Å². The van der Waals surface area contributed by atoms with Crippen molar-refractivity contribution < 1.29 is 17.7 Å². The molecule has 0 amide bonds. The Morgan fingerprint density at radius 1 is 1.15 bits per heavy atom. The monoisotopic (exact) mass is 356 g/mol. The summed E-state index contributed by atoms with van der Waals surface area (Å²) in [6, 6.07) is 11.0. The highest BCUT2D eigenvalue weighted by atomic mass is 79.9. The number of aliphatic hydroxyl groups excluding tert-OH is 1. The van der Waals surface area contributed by atoms with Crippen molar-refractivity contribution in [1.29, 1.82) is 0 Å². The third kappa shape index (κ3) is 3.39. The molecule has 0 heterocycles. The molecule has 0 spiro atoms. The van der Waals surface area contributed by atoms with Crippen LogP contribution in [0.3, 0.4) is 0 Å². The molecule has 0 bridgehead atoms. The van der Waals surface area contributed by atoms with E-state index in [-0.39, 0.29) is 17.3 Å². The lowest BCUT2D eigenvalue weighted by molar-refractivity contribution is 0.280. The maximum Gasteiger partial charge on any atom is 0.339 e. The Morgan fingerprint density at radius 3 is 2.40 bits per heavy atom. The van der Waals surface area contributed by atoms with Crippen molar-refractivity contribution in [2.45, 2.75) is 18.4 Å². The van der Waals surface area contributed by atoms with E-state index in [1.165, 1.54) is 24.3 Å².